The Morgan fingerprint density at radius 1 is 0.967 bits per heavy atom. The molecule has 0 atom stereocenters. The van der Waals surface area contributed by atoms with E-state index in [1.807, 2.05) is 30.3 Å². The van der Waals surface area contributed by atoms with Crippen LogP contribution in [0.5, 0.6) is 0 Å². The van der Waals surface area contributed by atoms with Crippen molar-refractivity contribution >= 4 is 15.7 Å². The van der Waals surface area contributed by atoms with Crippen molar-refractivity contribution in [3.8, 4) is 0 Å². The lowest BCUT2D eigenvalue weighted by Gasteiger charge is -2.19. The van der Waals surface area contributed by atoms with Gasteiger partial charge in [-0.25, -0.2) is 8.42 Å². The van der Waals surface area contributed by atoms with Crippen molar-refractivity contribution in [2.75, 3.05) is 4.72 Å². The SMILES string of the molecule is CC(C)(C)c1nn(Cc2ccccc2)cc1S(=O)(=O)Nc1ccccc1C(F)(F)F. The fourth-order valence-electron chi connectivity index (χ4n) is 2.99. The smallest absolute Gasteiger partial charge is 0.279 e. The van der Waals surface area contributed by atoms with E-state index in [-0.39, 0.29) is 10.6 Å². The van der Waals surface area contributed by atoms with Gasteiger partial charge in [-0.1, -0.05) is 63.2 Å². The summed E-state index contributed by atoms with van der Waals surface area (Å²) in [4.78, 5) is -0.150. The molecule has 0 aliphatic carbocycles. The molecule has 0 bridgehead atoms. The van der Waals surface area contributed by atoms with Gasteiger partial charge in [0, 0.05) is 11.6 Å². The number of nitrogens with one attached hydrogen (secondary N) is 1. The van der Waals surface area contributed by atoms with E-state index in [4.69, 9.17) is 0 Å². The van der Waals surface area contributed by atoms with Crippen LogP contribution in [0.4, 0.5) is 18.9 Å². The van der Waals surface area contributed by atoms with Crippen LogP contribution in [0.15, 0.2) is 65.7 Å². The van der Waals surface area contributed by atoms with Crippen LogP contribution in [-0.2, 0) is 28.2 Å². The van der Waals surface area contributed by atoms with E-state index in [1.165, 1.54) is 23.0 Å². The van der Waals surface area contributed by atoms with Crippen molar-refractivity contribution in [2.45, 2.75) is 43.8 Å². The predicted octanol–water partition coefficient (Wildman–Crippen LogP) is 5.05. The van der Waals surface area contributed by atoms with E-state index in [1.54, 1.807) is 20.8 Å². The van der Waals surface area contributed by atoms with Crippen molar-refractivity contribution in [2.24, 2.45) is 0 Å². The van der Waals surface area contributed by atoms with Gasteiger partial charge in [0.05, 0.1) is 23.5 Å². The van der Waals surface area contributed by atoms with Crippen molar-refractivity contribution in [1.29, 1.82) is 0 Å². The number of rotatable bonds is 5. The summed E-state index contributed by atoms with van der Waals surface area (Å²) in [6.07, 6.45) is -3.34. The summed E-state index contributed by atoms with van der Waals surface area (Å²) < 4.78 is 69.6. The Balaban J connectivity index is 2.03. The summed E-state index contributed by atoms with van der Waals surface area (Å²) in [5.74, 6) is 0. The molecule has 0 radical (unpaired) electrons. The molecule has 1 N–H and O–H groups in total. The molecule has 3 rings (SSSR count). The van der Waals surface area contributed by atoms with Gasteiger partial charge in [0.15, 0.2) is 0 Å². The van der Waals surface area contributed by atoms with Crippen molar-refractivity contribution in [3.63, 3.8) is 0 Å². The minimum atomic E-state index is -4.69. The highest BCUT2D eigenvalue weighted by Crippen LogP contribution is 2.36. The monoisotopic (exact) mass is 437 g/mol. The zero-order chi connectivity index (χ0) is 22.2. The molecule has 0 aliphatic heterocycles. The van der Waals surface area contributed by atoms with Crippen LogP contribution in [0.25, 0.3) is 0 Å². The molecule has 9 heteroatoms. The summed E-state index contributed by atoms with van der Waals surface area (Å²) in [7, 11) is -4.31. The maximum absolute atomic E-state index is 13.3. The fraction of sp³-hybridized carbons (Fsp3) is 0.286. The molecule has 0 amide bonds. The molecule has 1 aromatic heterocycles. The van der Waals surface area contributed by atoms with Gasteiger partial charge in [-0.15, -0.1) is 0 Å². The Bertz CT molecular complexity index is 1130. The number of alkyl halides is 3. The molecule has 5 nitrogen and oxygen atoms in total. The first-order valence-corrected chi connectivity index (χ1v) is 10.7. The Morgan fingerprint density at radius 2 is 1.57 bits per heavy atom. The average Bonchev–Trinajstić information content (AvgIpc) is 3.07. The number of sulfonamides is 1. The van der Waals surface area contributed by atoms with Gasteiger partial charge in [-0.2, -0.15) is 18.3 Å². The number of aromatic nitrogens is 2. The number of halogens is 3. The van der Waals surface area contributed by atoms with Crippen LogP contribution >= 0.6 is 0 Å². The summed E-state index contributed by atoms with van der Waals surface area (Å²) in [5.41, 5.74) is -1.03. The Kier molecular flexibility index (Phi) is 5.68. The van der Waals surface area contributed by atoms with Gasteiger partial charge in [-0.05, 0) is 17.7 Å². The molecule has 2 aromatic carbocycles. The Labute approximate surface area is 173 Å². The maximum Gasteiger partial charge on any atom is 0.418 e. The van der Waals surface area contributed by atoms with Crippen molar-refractivity contribution < 1.29 is 21.6 Å². The normalized spacial score (nSPS) is 12.7. The second-order valence-electron chi connectivity index (χ2n) is 7.92. The van der Waals surface area contributed by atoms with Crippen LogP contribution in [0, 0.1) is 0 Å². The highest BCUT2D eigenvalue weighted by atomic mass is 32.2. The van der Waals surface area contributed by atoms with E-state index in [9.17, 15) is 21.6 Å². The van der Waals surface area contributed by atoms with Crippen LogP contribution in [0.3, 0.4) is 0 Å². The highest BCUT2D eigenvalue weighted by molar-refractivity contribution is 7.92. The van der Waals surface area contributed by atoms with Gasteiger partial charge in [0.25, 0.3) is 10.0 Å². The van der Waals surface area contributed by atoms with E-state index < -0.39 is 32.9 Å². The largest absolute Gasteiger partial charge is 0.418 e. The van der Waals surface area contributed by atoms with Gasteiger partial charge in [-0.3, -0.25) is 9.40 Å². The third-order valence-corrected chi connectivity index (χ3v) is 5.76. The minimum absolute atomic E-state index is 0.150. The van der Waals surface area contributed by atoms with Crippen LogP contribution in [0.1, 0.15) is 37.6 Å². The zero-order valence-electron chi connectivity index (χ0n) is 16.7. The second kappa shape index (κ2) is 7.79. The summed E-state index contributed by atoms with van der Waals surface area (Å²) in [5, 5.41) is 4.43. The molecule has 0 saturated heterocycles. The molecule has 0 spiro atoms. The number of anilines is 1. The first-order valence-electron chi connectivity index (χ1n) is 9.19. The van der Waals surface area contributed by atoms with Gasteiger partial charge in [0.1, 0.15) is 4.90 Å². The molecule has 0 unspecified atom stereocenters. The number of benzene rings is 2. The van der Waals surface area contributed by atoms with Gasteiger partial charge in [0.2, 0.25) is 0 Å². The molecule has 0 fully saturated rings. The Morgan fingerprint density at radius 3 is 2.17 bits per heavy atom. The van der Waals surface area contributed by atoms with Crippen molar-refractivity contribution in [3.05, 3.63) is 77.6 Å². The number of para-hydroxylation sites is 1. The lowest BCUT2D eigenvalue weighted by atomic mass is 9.92. The van der Waals surface area contributed by atoms with Crippen LogP contribution < -0.4 is 4.72 Å². The summed E-state index contributed by atoms with van der Waals surface area (Å²) in [6, 6.07) is 13.8. The molecule has 0 saturated carbocycles. The third-order valence-electron chi connectivity index (χ3n) is 4.39. The molecular weight excluding hydrogens is 415 g/mol. The first kappa shape index (κ1) is 21.9. The number of nitrogens with zero attached hydrogens (tertiary/aromatic N) is 2. The van der Waals surface area contributed by atoms with Gasteiger partial charge >= 0.3 is 6.18 Å². The quantitative estimate of drug-likeness (QED) is 0.608. The summed E-state index contributed by atoms with van der Waals surface area (Å²) in [6.45, 7) is 5.72. The third kappa shape index (κ3) is 4.84. The molecule has 0 aliphatic rings. The number of hydrogen-bond donors (Lipinski definition) is 1. The van der Waals surface area contributed by atoms with E-state index in [0.29, 0.717) is 6.54 Å². The molecule has 1 heterocycles. The Hall–Kier alpha value is -2.81. The highest BCUT2D eigenvalue weighted by Gasteiger charge is 2.36. The molecule has 3 aromatic rings. The summed E-state index contributed by atoms with van der Waals surface area (Å²) >= 11 is 0. The fourth-order valence-corrected chi connectivity index (χ4v) is 4.43. The molecule has 30 heavy (non-hydrogen) atoms. The average molecular weight is 437 g/mol. The standard InChI is InChI=1S/C21H22F3N3O2S/c1-20(2,3)19-18(14-27(25-19)13-15-9-5-4-6-10-15)30(28,29)26-17-12-8-7-11-16(17)21(22,23)24/h4-12,14,26H,13H2,1-3H3. The van der Waals surface area contributed by atoms with E-state index >= 15 is 0 Å². The van der Waals surface area contributed by atoms with Crippen LogP contribution in [0.2, 0.25) is 0 Å². The lowest BCUT2D eigenvalue weighted by molar-refractivity contribution is -0.136. The minimum Gasteiger partial charge on any atom is -0.279 e. The zero-order valence-corrected chi connectivity index (χ0v) is 17.6. The lowest BCUT2D eigenvalue weighted by Crippen LogP contribution is -2.21. The molecular formula is C21H22F3N3O2S. The van der Waals surface area contributed by atoms with Crippen LogP contribution in [-0.4, -0.2) is 18.2 Å². The number of hydrogen-bond acceptors (Lipinski definition) is 3. The van der Waals surface area contributed by atoms with Crippen molar-refractivity contribution in [1.82, 2.24) is 9.78 Å². The van der Waals surface area contributed by atoms with E-state index in [0.717, 1.165) is 17.7 Å². The predicted molar refractivity (Wildman–Crippen MR) is 109 cm³/mol. The van der Waals surface area contributed by atoms with E-state index in [2.05, 4.69) is 9.82 Å². The maximum atomic E-state index is 13.3. The molecule has 160 valence electrons. The topological polar surface area (TPSA) is 64.0 Å². The van der Waals surface area contributed by atoms with Gasteiger partial charge < -0.3 is 0 Å². The second-order valence-corrected chi connectivity index (χ2v) is 9.57. The first-order chi connectivity index (χ1) is 13.9.